The largest absolute Gasteiger partial charge is 0.416 e. The van der Waals surface area contributed by atoms with Gasteiger partial charge in [-0.2, -0.15) is 13.2 Å². The lowest BCUT2D eigenvalue weighted by Crippen LogP contribution is -2.43. The van der Waals surface area contributed by atoms with Gasteiger partial charge in [-0.3, -0.25) is 9.69 Å². The molecular formula is C38H43F3N4O3S. The maximum Gasteiger partial charge on any atom is 0.416 e. The predicted molar refractivity (Wildman–Crippen MR) is 186 cm³/mol. The van der Waals surface area contributed by atoms with Crippen molar-refractivity contribution in [2.75, 3.05) is 26.2 Å². The molecule has 49 heavy (non-hydrogen) atoms. The Hall–Kier alpha value is -3.80. The summed E-state index contributed by atoms with van der Waals surface area (Å²) in [6.45, 7) is 9.04. The SMILES string of the molecule is CC(NC(=O)c1c(CN2CCC(N3CCCC3)CC2)c(-c2cccc(C(F)(F)F)c2)nc2ccc(S(=O)(=O)C(C)C)cc12)c1ccccc1. The maximum atomic E-state index is 14.5. The third-order valence-corrected chi connectivity index (χ3v) is 12.1. The Morgan fingerprint density at radius 2 is 1.61 bits per heavy atom. The number of alkyl halides is 3. The molecule has 7 nitrogen and oxygen atoms in total. The van der Waals surface area contributed by atoms with E-state index in [4.69, 9.17) is 4.98 Å². The molecule has 3 aromatic carbocycles. The predicted octanol–water partition coefficient (Wildman–Crippen LogP) is 7.65. The lowest BCUT2D eigenvalue weighted by Gasteiger charge is -2.37. The van der Waals surface area contributed by atoms with E-state index in [0.717, 1.165) is 56.7 Å². The van der Waals surface area contributed by atoms with Crippen molar-refractivity contribution in [2.45, 2.75) is 81.4 Å². The molecule has 2 aliphatic rings. The van der Waals surface area contributed by atoms with Gasteiger partial charge in [0.15, 0.2) is 9.84 Å². The van der Waals surface area contributed by atoms with Gasteiger partial charge < -0.3 is 10.2 Å². The van der Waals surface area contributed by atoms with Crippen LogP contribution >= 0.6 is 0 Å². The number of sulfone groups is 1. The zero-order valence-corrected chi connectivity index (χ0v) is 28.9. The summed E-state index contributed by atoms with van der Waals surface area (Å²) in [7, 11) is -3.72. The van der Waals surface area contributed by atoms with Gasteiger partial charge in [0.25, 0.3) is 5.91 Å². The number of aromatic nitrogens is 1. The lowest BCUT2D eigenvalue weighted by molar-refractivity contribution is -0.137. The van der Waals surface area contributed by atoms with E-state index in [9.17, 15) is 26.4 Å². The standard InChI is InChI=1S/C38H43F3N4O3S/c1-25(2)49(47,48)31-14-15-34-32(23-31)35(37(46)42-26(3)27-10-5-4-6-11-27)33(24-44-20-16-30(17-21-44)45-18-7-8-19-45)36(43-34)28-12-9-13-29(22-28)38(39,40)41/h4-6,9-15,22-23,25-26,30H,7-8,16-21,24H2,1-3H3,(H,42,46). The molecule has 1 aromatic heterocycles. The summed E-state index contributed by atoms with van der Waals surface area (Å²) in [5, 5.41) is 2.74. The van der Waals surface area contributed by atoms with Gasteiger partial charge >= 0.3 is 6.18 Å². The molecule has 1 amide bonds. The van der Waals surface area contributed by atoms with Gasteiger partial charge in [-0.15, -0.1) is 0 Å². The van der Waals surface area contributed by atoms with E-state index in [1.165, 1.54) is 31.0 Å². The van der Waals surface area contributed by atoms with E-state index in [2.05, 4.69) is 15.1 Å². The smallest absolute Gasteiger partial charge is 0.345 e. The molecule has 0 radical (unpaired) electrons. The van der Waals surface area contributed by atoms with Crippen molar-refractivity contribution in [1.29, 1.82) is 0 Å². The number of carbonyl (C=O) groups excluding carboxylic acids is 1. The summed E-state index contributed by atoms with van der Waals surface area (Å²) in [5.74, 6) is -0.446. The second kappa shape index (κ2) is 14.2. The fourth-order valence-corrected chi connectivity index (χ4v) is 8.18. The first kappa shape index (κ1) is 35.0. The number of carbonyl (C=O) groups is 1. The number of benzene rings is 3. The average molecular weight is 693 g/mol. The summed E-state index contributed by atoms with van der Waals surface area (Å²) < 4.78 is 68.5. The van der Waals surface area contributed by atoms with E-state index < -0.39 is 38.8 Å². The van der Waals surface area contributed by atoms with Crippen LogP contribution in [0.2, 0.25) is 0 Å². The van der Waals surface area contributed by atoms with Gasteiger partial charge in [-0.25, -0.2) is 13.4 Å². The molecule has 1 N–H and O–H groups in total. The highest BCUT2D eigenvalue weighted by molar-refractivity contribution is 7.92. The minimum Gasteiger partial charge on any atom is -0.345 e. The number of hydrogen-bond donors (Lipinski definition) is 1. The molecule has 0 bridgehead atoms. The van der Waals surface area contributed by atoms with Crippen LogP contribution in [0.15, 0.2) is 77.7 Å². The number of rotatable bonds is 9. The van der Waals surface area contributed by atoms with Crippen LogP contribution in [0.4, 0.5) is 13.2 Å². The number of likely N-dealkylation sites (tertiary alicyclic amines) is 2. The Labute approximate surface area is 286 Å². The van der Waals surface area contributed by atoms with Crippen molar-refractivity contribution in [3.05, 3.63) is 95.1 Å². The fraction of sp³-hybridized carbons (Fsp3) is 0.421. The molecule has 3 heterocycles. The van der Waals surface area contributed by atoms with Gasteiger partial charge in [0.2, 0.25) is 0 Å². The summed E-state index contributed by atoms with van der Waals surface area (Å²) in [5.41, 5.74) is 1.60. The molecule has 1 unspecified atom stereocenters. The molecule has 2 aliphatic heterocycles. The van der Waals surface area contributed by atoms with Crippen LogP contribution in [0.1, 0.15) is 79.5 Å². The quantitative estimate of drug-likeness (QED) is 0.194. The highest BCUT2D eigenvalue weighted by Gasteiger charge is 2.33. The Morgan fingerprint density at radius 3 is 2.27 bits per heavy atom. The van der Waals surface area contributed by atoms with Crippen molar-refractivity contribution in [1.82, 2.24) is 20.1 Å². The second-order valence-electron chi connectivity index (χ2n) is 13.5. The van der Waals surface area contributed by atoms with Crippen LogP contribution in [0.5, 0.6) is 0 Å². The Bertz CT molecular complexity index is 1920. The van der Waals surface area contributed by atoms with E-state index in [1.54, 1.807) is 26.0 Å². The lowest BCUT2D eigenvalue weighted by atomic mass is 9.93. The first-order valence-corrected chi connectivity index (χ1v) is 18.6. The third kappa shape index (κ3) is 7.54. The number of piperidine rings is 1. The molecule has 1 atom stereocenters. The van der Waals surface area contributed by atoms with Crippen LogP contribution in [0.3, 0.4) is 0 Å². The van der Waals surface area contributed by atoms with Crippen molar-refractivity contribution < 1.29 is 26.4 Å². The fourth-order valence-electron chi connectivity index (χ4n) is 7.09. The van der Waals surface area contributed by atoms with Crippen molar-refractivity contribution >= 4 is 26.6 Å². The average Bonchev–Trinajstić information content (AvgIpc) is 3.63. The summed E-state index contributed by atoms with van der Waals surface area (Å²) in [6.07, 6.45) is -0.266. The van der Waals surface area contributed by atoms with Gasteiger partial charge in [-0.1, -0.05) is 42.5 Å². The molecule has 0 saturated carbocycles. The summed E-state index contributed by atoms with van der Waals surface area (Å²) >= 11 is 0. The van der Waals surface area contributed by atoms with Crippen LogP contribution in [-0.2, 0) is 22.6 Å². The summed E-state index contributed by atoms with van der Waals surface area (Å²) in [6, 6.07) is 19.1. The Kier molecular flexibility index (Phi) is 10.2. The maximum absolute atomic E-state index is 14.5. The third-order valence-electron chi connectivity index (χ3n) is 9.94. The van der Waals surface area contributed by atoms with Crippen molar-refractivity contribution in [3.8, 4) is 11.3 Å². The number of amides is 1. The molecule has 0 spiro atoms. The van der Waals surface area contributed by atoms with Crippen LogP contribution in [0.25, 0.3) is 22.2 Å². The zero-order valence-electron chi connectivity index (χ0n) is 28.1. The van der Waals surface area contributed by atoms with Crippen molar-refractivity contribution in [2.24, 2.45) is 0 Å². The van der Waals surface area contributed by atoms with Crippen LogP contribution in [-0.4, -0.2) is 66.6 Å². The first-order valence-electron chi connectivity index (χ1n) is 17.0. The molecule has 6 rings (SSSR count). The second-order valence-corrected chi connectivity index (χ2v) is 16.0. The van der Waals surface area contributed by atoms with Crippen LogP contribution in [0, 0.1) is 0 Å². The summed E-state index contributed by atoms with van der Waals surface area (Å²) in [4.78, 5) is 24.3. The topological polar surface area (TPSA) is 82.6 Å². The highest BCUT2D eigenvalue weighted by atomic mass is 32.2. The molecule has 0 aliphatic carbocycles. The number of hydrogen-bond acceptors (Lipinski definition) is 6. The number of nitrogens with zero attached hydrogens (tertiary/aromatic N) is 3. The molecule has 4 aromatic rings. The van der Waals surface area contributed by atoms with Gasteiger partial charge in [0, 0.05) is 29.1 Å². The normalized spacial score (nSPS) is 17.5. The van der Waals surface area contributed by atoms with Crippen molar-refractivity contribution in [3.63, 3.8) is 0 Å². The molecule has 11 heteroatoms. The number of pyridine rings is 1. The number of fused-ring (bicyclic) bond motifs is 1. The minimum atomic E-state index is -4.57. The van der Waals surface area contributed by atoms with Gasteiger partial charge in [0.1, 0.15) is 0 Å². The molecule has 2 fully saturated rings. The monoisotopic (exact) mass is 692 g/mol. The van der Waals surface area contributed by atoms with Gasteiger partial charge in [0.05, 0.1) is 38.5 Å². The van der Waals surface area contributed by atoms with E-state index in [0.29, 0.717) is 22.5 Å². The Balaban J connectivity index is 1.52. The highest BCUT2D eigenvalue weighted by Crippen LogP contribution is 2.37. The van der Waals surface area contributed by atoms with Crippen LogP contribution < -0.4 is 5.32 Å². The molecular weight excluding hydrogens is 650 g/mol. The first-order chi connectivity index (χ1) is 23.3. The minimum absolute atomic E-state index is 0.0613. The number of halogens is 3. The Morgan fingerprint density at radius 1 is 0.918 bits per heavy atom. The van der Waals surface area contributed by atoms with E-state index in [-0.39, 0.29) is 28.3 Å². The molecule has 260 valence electrons. The van der Waals surface area contributed by atoms with E-state index in [1.807, 2.05) is 37.3 Å². The van der Waals surface area contributed by atoms with E-state index >= 15 is 0 Å². The molecule has 2 saturated heterocycles. The van der Waals surface area contributed by atoms with Gasteiger partial charge in [-0.05, 0) is 109 Å². The zero-order chi connectivity index (χ0) is 34.9. The number of nitrogens with one attached hydrogen (secondary N) is 1.